The first-order valence-corrected chi connectivity index (χ1v) is 13.4. The molecule has 0 atom stereocenters. The summed E-state index contributed by atoms with van der Waals surface area (Å²) < 4.78 is 12.3. The molecule has 3 aromatic rings. The third-order valence-corrected chi connectivity index (χ3v) is 7.49. The number of halogens is 1. The standard InChI is InChI=1S/C29H32BrN3O3/c1-35-27-18-21(19-31-23-9-11-24(12-10-23)32-14-5-2-6-15-32)17-25(30)29(27)36-20-28(34)33-16-13-22-7-3-4-8-26(22)33/h3-4,7-12,17-18,31H,2,5-6,13-16,19-20H2,1H3. The van der Waals surface area contributed by atoms with Crippen LogP contribution < -0.4 is 24.6 Å². The maximum absolute atomic E-state index is 12.9. The van der Waals surface area contributed by atoms with Crippen LogP contribution in [-0.2, 0) is 17.8 Å². The number of fused-ring (bicyclic) bond motifs is 1. The zero-order valence-electron chi connectivity index (χ0n) is 20.6. The summed E-state index contributed by atoms with van der Waals surface area (Å²) in [7, 11) is 1.61. The van der Waals surface area contributed by atoms with Crippen LogP contribution >= 0.6 is 15.9 Å². The van der Waals surface area contributed by atoms with E-state index in [0.29, 0.717) is 24.6 Å². The van der Waals surface area contributed by atoms with Crippen LogP contribution in [-0.4, -0.2) is 39.3 Å². The van der Waals surface area contributed by atoms with Crippen molar-refractivity contribution in [2.24, 2.45) is 0 Å². The number of nitrogens with one attached hydrogen (secondary N) is 1. The molecule has 7 heteroatoms. The van der Waals surface area contributed by atoms with Gasteiger partial charge in [0.1, 0.15) is 0 Å². The fraction of sp³-hybridized carbons (Fsp3) is 0.345. The number of hydrogen-bond acceptors (Lipinski definition) is 5. The number of methoxy groups -OCH3 is 1. The first kappa shape index (κ1) is 24.5. The summed E-state index contributed by atoms with van der Waals surface area (Å²) in [6.07, 6.45) is 4.76. The fourth-order valence-corrected chi connectivity index (χ4v) is 5.57. The van der Waals surface area contributed by atoms with E-state index in [1.807, 2.05) is 30.3 Å². The van der Waals surface area contributed by atoms with Crippen LogP contribution in [0.15, 0.2) is 65.1 Å². The Bertz CT molecular complexity index is 1210. The summed E-state index contributed by atoms with van der Waals surface area (Å²) in [6.45, 7) is 3.56. The minimum absolute atomic E-state index is 0.0513. The van der Waals surface area contributed by atoms with Crippen LogP contribution in [0.2, 0.25) is 0 Å². The number of benzene rings is 3. The lowest BCUT2D eigenvalue weighted by molar-refractivity contribution is -0.120. The van der Waals surface area contributed by atoms with Gasteiger partial charge in [-0.3, -0.25) is 4.79 Å². The number of hydrogen-bond donors (Lipinski definition) is 1. The first-order valence-electron chi connectivity index (χ1n) is 12.6. The van der Waals surface area contributed by atoms with Gasteiger partial charge in [0.2, 0.25) is 0 Å². The maximum Gasteiger partial charge on any atom is 0.264 e. The molecule has 1 N–H and O–H groups in total. The highest BCUT2D eigenvalue weighted by Gasteiger charge is 2.25. The molecule has 3 aromatic carbocycles. The molecule has 0 bridgehead atoms. The summed E-state index contributed by atoms with van der Waals surface area (Å²) in [5, 5.41) is 3.49. The lowest BCUT2D eigenvalue weighted by atomic mass is 10.1. The van der Waals surface area contributed by atoms with Crippen molar-refractivity contribution in [2.45, 2.75) is 32.2 Å². The van der Waals surface area contributed by atoms with E-state index in [4.69, 9.17) is 9.47 Å². The Morgan fingerprint density at radius 2 is 1.78 bits per heavy atom. The van der Waals surface area contributed by atoms with Gasteiger partial charge in [0.05, 0.1) is 11.6 Å². The fourth-order valence-electron chi connectivity index (χ4n) is 4.97. The zero-order valence-corrected chi connectivity index (χ0v) is 22.2. The molecule has 0 saturated carbocycles. The normalized spacial score (nSPS) is 14.9. The number of amides is 1. The van der Waals surface area contributed by atoms with E-state index in [-0.39, 0.29) is 12.5 Å². The van der Waals surface area contributed by atoms with Crippen molar-refractivity contribution in [1.29, 1.82) is 0 Å². The summed E-state index contributed by atoms with van der Waals surface area (Å²) in [6, 6.07) is 20.6. The first-order chi connectivity index (χ1) is 17.6. The number of ether oxygens (including phenoxy) is 2. The summed E-state index contributed by atoms with van der Waals surface area (Å²) in [4.78, 5) is 17.1. The van der Waals surface area contributed by atoms with E-state index in [1.54, 1.807) is 12.0 Å². The molecule has 0 spiro atoms. The predicted octanol–water partition coefficient (Wildman–Crippen LogP) is 6.03. The number of para-hydroxylation sites is 1. The van der Waals surface area contributed by atoms with Crippen LogP contribution in [0.5, 0.6) is 11.5 Å². The molecule has 0 aliphatic carbocycles. The third kappa shape index (κ3) is 5.46. The third-order valence-electron chi connectivity index (χ3n) is 6.90. The van der Waals surface area contributed by atoms with Gasteiger partial charge in [0.15, 0.2) is 18.1 Å². The number of carbonyl (C=O) groups excluding carboxylic acids is 1. The van der Waals surface area contributed by atoms with Gasteiger partial charge in [-0.2, -0.15) is 0 Å². The second-order valence-electron chi connectivity index (χ2n) is 9.27. The second-order valence-corrected chi connectivity index (χ2v) is 10.1. The minimum Gasteiger partial charge on any atom is -0.493 e. The van der Waals surface area contributed by atoms with E-state index in [1.165, 1.54) is 30.5 Å². The van der Waals surface area contributed by atoms with Gasteiger partial charge in [0, 0.05) is 43.2 Å². The van der Waals surface area contributed by atoms with Crippen molar-refractivity contribution in [3.8, 4) is 11.5 Å². The molecule has 1 saturated heterocycles. The maximum atomic E-state index is 12.9. The number of nitrogens with zero attached hydrogens (tertiary/aromatic N) is 2. The Kier molecular flexibility index (Phi) is 7.66. The quantitative estimate of drug-likeness (QED) is 0.372. The van der Waals surface area contributed by atoms with Gasteiger partial charge >= 0.3 is 0 Å². The van der Waals surface area contributed by atoms with E-state index in [2.05, 4.69) is 56.5 Å². The second kappa shape index (κ2) is 11.2. The molecule has 0 unspecified atom stereocenters. The molecule has 5 rings (SSSR count). The van der Waals surface area contributed by atoms with Gasteiger partial charge in [-0.15, -0.1) is 0 Å². The van der Waals surface area contributed by atoms with Crippen molar-refractivity contribution in [3.63, 3.8) is 0 Å². The summed E-state index contributed by atoms with van der Waals surface area (Å²) in [5.74, 6) is 1.07. The lowest BCUT2D eigenvalue weighted by Gasteiger charge is -2.28. The highest BCUT2D eigenvalue weighted by Crippen LogP contribution is 2.37. The molecule has 2 aliphatic rings. The molecule has 2 aliphatic heterocycles. The topological polar surface area (TPSA) is 54.0 Å². The van der Waals surface area contributed by atoms with E-state index in [9.17, 15) is 4.79 Å². The zero-order chi connectivity index (χ0) is 24.9. The van der Waals surface area contributed by atoms with Crippen LogP contribution in [0.1, 0.15) is 30.4 Å². The number of rotatable bonds is 8. The van der Waals surface area contributed by atoms with Crippen molar-refractivity contribution in [3.05, 3.63) is 76.3 Å². The average molecular weight is 550 g/mol. The predicted molar refractivity (Wildman–Crippen MR) is 149 cm³/mol. The Hall–Kier alpha value is -3.19. The van der Waals surface area contributed by atoms with Crippen molar-refractivity contribution < 1.29 is 14.3 Å². The minimum atomic E-state index is -0.0624. The molecule has 188 valence electrons. The van der Waals surface area contributed by atoms with Crippen LogP contribution in [0.3, 0.4) is 0 Å². The van der Waals surface area contributed by atoms with Gasteiger partial charge < -0.3 is 24.6 Å². The highest BCUT2D eigenvalue weighted by atomic mass is 79.9. The molecular weight excluding hydrogens is 518 g/mol. The van der Waals surface area contributed by atoms with Crippen LogP contribution in [0.25, 0.3) is 0 Å². The Morgan fingerprint density at radius 3 is 2.56 bits per heavy atom. The van der Waals surface area contributed by atoms with E-state index in [0.717, 1.165) is 40.9 Å². The average Bonchev–Trinajstić information content (AvgIpc) is 3.36. The van der Waals surface area contributed by atoms with Crippen molar-refractivity contribution in [2.75, 3.05) is 48.5 Å². The SMILES string of the molecule is COc1cc(CNc2ccc(N3CCCCC3)cc2)cc(Br)c1OCC(=O)N1CCc2ccccc21. The highest BCUT2D eigenvalue weighted by molar-refractivity contribution is 9.10. The molecule has 1 fully saturated rings. The smallest absolute Gasteiger partial charge is 0.264 e. The molecule has 6 nitrogen and oxygen atoms in total. The largest absolute Gasteiger partial charge is 0.493 e. The van der Waals surface area contributed by atoms with Crippen LogP contribution in [0, 0.1) is 0 Å². The van der Waals surface area contributed by atoms with E-state index < -0.39 is 0 Å². The number of anilines is 3. The van der Waals surface area contributed by atoms with Crippen molar-refractivity contribution >= 4 is 38.9 Å². The van der Waals surface area contributed by atoms with Gasteiger partial charge in [-0.1, -0.05) is 18.2 Å². The Balaban J connectivity index is 1.20. The molecule has 36 heavy (non-hydrogen) atoms. The Morgan fingerprint density at radius 1 is 1.00 bits per heavy atom. The summed E-state index contributed by atoms with van der Waals surface area (Å²) >= 11 is 3.61. The molecular formula is C29H32BrN3O3. The molecule has 0 radical (unpaired) electrons. The number of piperidine rings is 1. The number of carbonyl (C=O) groups is 1. The van der Waals surface area contributed by atoms with Gasteiger partial charge in [-0.05, 0) is 95.2 Å². The van der Waals surface area contributed by atoms with Gasteiger partial charge in [0.25, 0.3) is 5.91 Å². The Labute approximate surface area is 221 Å². The monoisotopic (exact) mass is 549 g/mol. The van der Waals surface area contributed by atoms with Gasteiger partial charge in [-0.25, -0.2) is 0 Å². The van der Waals surface area contributed by atoms with E-state index >= 15 is 0 Å². The summed E-state index contributed by atoms with van der Waals surface area (Å²) in [5.41, 5.74) is 5.58. The van der Waals surface area contributed by atoms with Crippen LogP contribution in [0.4, 0.5) is 17.1 Å². The van der Waals surface area contributed by atoms with Crippen molar-refractivity contribution in [1.82, 2.24) is 0 Å². The molecule has 2 heterocycles. The molecule has 1 amide bonds. The lowest BCUT2D eigenvalue weighted by Crippen LogP contribution is -2.33. The molecule has 0 aromatic heterocycles.